The van der Waals surface area contributed by atoms with Crippen molar-refractivity contribution in [2.45, 2.75) is 25.2 Å². The summed E-state index contributed by atoms with van der Waals surface area (Å²) in [5, 5.41) is 9.83. The summed E-state index contributed by atoms with van der Waals surface area (Å²) in [6.45, 7) is 1.39. The standard InChI is InChI=1S/C26H24O4/c1-18(28)19-7-9-22(10-8-19)24-15-16-25(26(17-27)30-24)29-23-13-11-21(12-14-23)20-5-3-2-4-6-20/h2-16,24-27H,17H2,1H3/t24-,25+,26+/m0/s1. The lowest BCUT2D eigenvalue weighted by Crippen LogP contribution is -2.39. The summed E-state index contributed by atoms with van der Waals surface area (Å²) in [4.78, 5) is 11.5. The van der Waals surface area contributed by atoms with Gasteiger partial charge in [-0.05, 0) is 41.8 Å². The summed E-state index contributed by atoms with van der Waals surface area (Å²) in [5.41, 5.74) is 3.86. The quantitative estimate of drug-likeness (QED) is 0.468. The molecule has 3 aromatic carbocycles. The third-order valence-electron chi connectivity index (χ3n) is 5.22. The van der Waals surface area contributed by atoms with E-state index in [0.717, 1.165) is 22.4 Å². The zero-order valence-corrected chi connectivity index (χ0v) is 16.8. The summed E-state index contributed by atoms with van der Waals surface area (Å²) in [6, 6.07) is 25.4. The number of hydrogen-bond acceptors (Lipinski definition) is 4. The molecule has 1 heterocycles. The molecule has 1 aliphatic heterocycles. The maximum Gasteiger partial charge on any atom is 0.159 e. The molecule has 3 aromatic rings. The molecular formula is C26H24O4. The molecule has 30 heavy (non-hydrogen) atoms. The predicted octanol–water partition coefficient (Wildman–Crippen LogP) is 4.99. The maximum absolute atomic E-state index is 11.5. The Morgan fingerprint density at radius 3 is 2.20 bits per heavy atom. The zero-order valence-electron chi connectivity index (χ0n) is 16.8. The Morgan fingerprint density at radius 2 is 1.57 bits per heavy atom. The van der Waals surface area contributed by atoms with Crippen molar-refractivity contribution in [3.63, 3.8) is 0 Å². The first-order chi connectivity index (χ1) is 14.6. The number of carbonyl (C=O) groups is 1. The molecule has 4 nitrogen and oxygen atoms in total. The Morgan fingerprint density at radius 1 is 0.900 bits per heavy atom. The van der Waals surface area contributed by atoms with Gasteiger partial charge in [0.05, 0.1) is 6.61 Å². The van der Waals surface area contributed by atoms with E-state index in [4.69, 9.17) is 9.47 Å². The first kappa shape index (κ1) is 20.1. The Kier molecular flexibility index (Phi) is 6.07. The van der Waals surface area contributed by atoms with Crippen LogP contribution >= 0.6 is 0 Å². The Labute approximate surface area is 176 Å². The van der Waals surface area contributed by atoms with Gasteiger partial charge in [-0.1, -0.05) is 72.8 Å². The number of hydrogen-bond donors (Lipinski definition) is 1. The number of carbonyl (C=O) groups excluding carboxylic acids is 1. The number of ketones is 1. The number of rotatable bonds is 6. The largest absolute Gasteiger partial charge is 0.484 e. The molecule has 0 amide bonds. The Hall–Kier alpha value is -3.21. The van der Waals surface area contributed by atoms with Gasteiger partial charge in [0.25, 0.3) is 0 Å². The average molecular weight is 400 g/mol. The van der Waals surface area contributed by atoms with E-state index in [1.54, 1.807) is 19.1 Å². The number of Topliss-reactive ketones (excluding diaryl/α,β-unsaturated/α-hetero) is 1. The van der Waals surface area contributed by atoms with Crippen LogP contribution in [0.5, 0.6) is 5.75 Å². The van der Waals surface area contributed by atoms with Crippen LogP contribution < -0.4 is 4.74 Å². The molecule has 0 fully saturated rings. The van der Waals surface area contributed by atoms with Crippen LogP contribution in [0.3, 0.4) is 0 Å². The van der Waals surface area contributed by atoms with Crippen molar-refractivity contribution >= 4 is 5.78 Å². The number of aliphatic hydroxyl groups is 1. The van der Waals surface area contributed by atoms with E-state index in [9.17, 15) is 9.90 Å². The topological polar surface area (TPSA) is 55.8 Å². The van der Waals surface area contributed by atoms with Crippen molar-refractivity contribution in [3.8, 4) is 16.9 Å². The van der Waals surface area contributed by atoms with E-state index in [-0.39, 0.29) is 24.6 Å². The van der Waals surface area contributed by atoms with Crippen molar-refractivity contribution in [3.05, 3.63) is 102 Å². The highest BCUT2D eigenvalue weighted by molar-refractivity contribution is 5.94. The molecular weight excluding hydrogens is 376 g/mol. The van der Waals surface area contributed by atoms with Crippen molar-refractivity contribution in [2.24, 2.45) is 0 Å². The first-order valence-corrected chi connectivity index (χ1v) is 10.0. The lowest BCUT2D eigenvalue weighted by Gasteiger charge is -2.31. The average Bonchev–Trinajstić information content (AvgIpc) is 2.80. The third-order valence-corrected chi connectivity index (χ3v) is 5.22. The lowest BCUT2D eigenvalue weighted by atomic mass is 10.0. The molecule has 4 rings (SSSR count). The number of aliphatic hydroxyl groups excluding tert-OH is 1. The van der Waals surface area contributed by atoms with Crippen LogP contribution in [-0.2, 0) is 4.74 Å². The normalized spacial score (nSPS) is 20.7. The van der Waals surface area contributed by atoms with Gasteiger partial charge in [0.15, 0.2) is 5.78 Å². The van der Waals surface area contributed by atoms with E-state index < -0.39 is 6.10 Å². The van der Waals surface area contributed by atoms with E-state index in [2.05, 4.69) is 12.1 Å². The summed E-state index contributed by atoms with van der Waals surface area (Å²) >= 11 is 0. The minimum atomic E-state index is -0.485. The second-order valence-corrected chi connectivity index (χ2v) is 7.31. The van der Waals surface area contributed by atoms with Crippen LogP contribution in [0.25, 0.3) is 11.1 Å². The van der Waals surface area contributed by atoms with Gasteiger partial charge in [0.2, 0.25) is 0 Å². The van der Waals surface area contributed by atoms with Gasteiger partial charge in [-0.25, -0.2) is 0 Å². The molecule has 0 aliphatic carbocycles. The second-order valence-electron chi connectivity index (χ2n) is 7.31. The fourth-order valence-corrected chi connectivity index (χ4v) is 3.52. The van der Waals surface area contributed by atoms with E-state index >= 15 is 0 Å². The number of ether oxygens (including phenoxy) is 2. The van der Waals surface area contributed by atoms with Crippen LogP contribution in [0.15, 0.2) is 91.0 Å². The molecule has 152 valence electrons. The molecule has 0 spiro atoms. The summed E-state index contributed by atoms with van der Waals surface area (Å²) in [7, 11) is 0. The minimum Gasteiger partial charge on any atom is -0.484 e. The molecule has 0 saturated heterocycles. The monoisotopic (exact) mass is 400 g/mol. The highest BCUT2D eigenvalue weighted by Crippen LogP contribution is 2.29. The molecule has 3 atom stereocenters. The van der Waals surface area contributed by atoms with E-state index in [1.807, 2.05) is 66.7 Å². The smallest absolute Gasteiger partial charge is 0.159 e. The van der Waals surface area contributed by atoms with E-state index in [0.29, 0.717) is 5.56 Å². The van der Waals surface area contributed by atoms with Gasteiger partial charge in [0, 0.05) is 5.56 Å². The van der Waals surface area contributed by atoms with Crippen molar-refractivity contribution in [2.75, 3.05) is 6.61 Å². The second kappa shape index (κ2) is 9.08. The fourth-order valence-electron chi connectivity index (χ4n) is 3.52. The first-order valence-electron chi connectivity index (χ1n) is 10.0. The zero-order chi connectivity index (χ0) is 20.9. The van der Waals surface area contributed by atoms with Gasteiger partial charge in [-0.2, -0.15) is 0 Å². The minimum absolute atomic E-state index is 0.0293. The predicted molar refractivity (Wildman–Crippen MR) is 117 cm³/mol. The highest BCUT2D eigenvalue weighted by Gasteiger charge is 2.29. The maximum atomic E-state index is 11.5. The van der Waals surface area contributed by atoms with Crippen molar-refractivity contribution in [1.29, 1.82) is 0 Å². The van der Waals surface area contributed by atoms with Crippen LogP contribution in [-0.4, -0.2) is 29.7 Å². The van der Waals surface area contributed by atoms with E-state index in [1.165, 1.54) is 0 Å². The van der Waals surface area contributed by atoms with Crippen LogP contribution in [0.2, 0.25) is 0 Å². The lowest BCUT2D eigenvalue weighted by molar-refractivity contribution is -0.0731. The molecule has 0 saturated carbocycles. The SMILES string of the molecule is CC(=O)c1ccc([C@@H]2C=C[C@@H](Oc3ccc(-c4ccccc4)cc3)[C@@H](CO)O2)cc1. The molecule has 1 N–H and O–H groups in total. The number of benzene rings is 3. The molecule has 1 aliphatic rings. The fraction of sp³-hybridized carbons (Fsp3) is 0.192. The third kappa shape index (κ3) is 4.51. The van der Waals surface area contributed by atoms with Gasteiger partial charge in [-0.3, -0.25) is 4.79 Å². The molecule has 0 radical (unpaired) electrons. The van der Waals surface area contributed by atoms with Gasteiger partial charge < -0.3 is 14.6 Å². The highest BCUT2D eigenvalue weighted by atomic mass is 16.6. The molecule has 0 aromatic heterocycles. The summed E-state index contributed by atoms with van der Waals surface area (Å²) in [5.74, 6) is 0.747. The molecule has 0 unspecified atom stereocenters. The van der Waals surface area contributed by atoms with Crippen LogP contribution in [0.1, 0.15) is 28.9 Å². The van der Waals surface area contributed by atoms with Crippen LogP contribution in [0.4, 0.5) is 0 Å². The summed E-state index contributed by atoms with van der Waals surface area (Å²) in [6.07, 6.45) is 2.70. The van der Waals surface area contributed by atoms with Crippen LogP contribution in [0, 0.1) is 0 Å². The van der Waals surface area contributed by atoms with Gasteiger partial charge in [-0.15, -0.1) is 0 Å². The van der Waals surface area contributed by atoms with Crippen molar-refractivity contribution in [1.82, 2.24) is 0 Å². The summed E-state index contributed by atoms with van der Waals surface area (Å²) < 4.78 is 12.1. The Bertz CT molecular complexity index is 1010. The van der Waals surface area contributed by atoms with Crippen molar-refractivity contribution < 1.29 is 19.4 Å². The Balaban J connectivity index is 1.46. The molecule has 0 bridgehead atoms. The van der Waals surface area contributed by atoms with Gasteiger partial charge in [0.1, 0.15) is 24.1 Å². The van der Waals surface area contributed by atoms with Gasteiger partial charge >= 0.3 is 0 Å². The molecule has 4 heteroatoms.